The maximum atomic E-state index is 11.5. The first-order valence-corrected chi connectivity index (χ1v) is 6.56. The number of hydrogen-bond donors (Lipinski definition) is 4. The minimum atomic E-state index is -0.898. The van der Waals surface area contributed by atoms with E-state index in [-0.39, 0.29) is 18.5 Å². The molecule has 0 aromatic heterocycles. The molecule has 1 aliphatic rings. The maximum Gasteiger partial charge on any atom is 0.314 e. The number of aliphatic carboxylic acids is 1. The van der Waals surface area contributed by atoms with Crippen molar-refractivity contribution in [2.75, 3.05) is 13.1 Å². The third kappa shape index (κ3) is 5.58. The summed E-state index contributed by atoms with van der Waals surface area (Å²) in [5, 5.41) is 16.8. The molecule has 1 fully saturated rings. The summed E-state index contributed by atoms with van der Waals surface area (Å²) in [6.07, 6.45) is 2.50. The molecule has 7 nitrogen and oxygen atoms in total. The smallest absolute Gasteiger partial charge is 0.314 e. The molecule has 1 aliphatic heterocycles. The highest BCUT2D eigenvalue weighted by Gasteiger charge is 2.21. The Labute approximate surface area is 112 Å². The van der Waals surface area contributed by atoms with E-state index in [9.17, 15) is 14.4 Å². The van der Waals surface area contributed by atoms with Crippen molar-refractivity contribution in [3.8, 4) is 0 Å². The number of nitrogens with one attached hydrogen (secondary N) is 3. The zero-order chi connectivity index (χ0) is 14.3. The molecule has 3 amide bonds. The standard InChI is InChI=1S/C12H21N3O4/c1-2-3-8(11(17)18)6-13-12(19)14-7-9-4-5-10(16)15-9/h8-9H,2-7H2,1H3,(H,15,16)(H,17,18)(H2,13,14,19). The molecule has 1 rings (SSSR count). The molecule has 0 aromatic carbocycles. The van der Waals surface area contributed by atoms with E-state index in [0.29, 0.717) is 25.8 Å². The van der Waals surface area contributed by atoms with Crippen LogP contribution < -0.4 is 16.0 Å². The van der Waals surface area contributed by atoms with Crippen LogP contribution in [0, 0.1) is 5.92 Å². The van der Waals surface area contributed by atoms with Crippen LogP contribution in [-0.2, 0) is 9.59 Å². The summed E-state index contributed by atoms with van der Waals surface area (Å²) in [6.45, 7) is 2.38. The van der Waals surface area contributed by atoms with Crippen molar-refractivity contribution in [2.24, 2.45) is 5.92 Å². The molecule has 19 heavy (non-hydrogen) atoms. The number of amides is 3. The number of rotatable bonds is 7. The fraction of sp³-hybridized carbons (Fsp3) is 0.750. The lowest BCUT2D eigenvalue weighted by Gasteiger charge is -2.15. The molecule has 0 saturated carbocycles. The summed E-state index contributed by atoms with van der Waals surface area (Å²) in [7, 11) is 0. The second-order valence-electron chi connectivity index (χ2n) is 4.72. The van der Waals surface area contributed by atoms with Crippen molar-refractivity contribution < 1.29 is 19.5 Å². The van der Waals surface area contributed by atoms with E-state index in [0.717, 1.165) is 6.42 Å². The highest BCUT2D eigenvalue weighted by atomic mass is 16.4. The zero-order valence-electron chi connectivity index (χ0n) is 11.1. The lowest BCUT2D eigenvalue weighted by atomic mass is 10.0. The summed E-state index contributed by atoms with van der Waals surface area (Å²) in [6, 6.07) is -0.423. The first-order valence-electron chi connectivity index (χ1n) is 6.56. The van der Waals surface area contributed by atoms with Crippen LogP contribution in [0.25, 0.3) is 0 Å². The van der Waals surface area contributed by atoms with Crippen LogP contribution in [0.4, 0.5) is 4.79 Å². The zero-order valence-corrected chi connectivity index (χ0v) is 11.1. The van der Waals surface area contributed by atoms with Gasteiger partial charge in [-0.2, -0.15) is 0 Å². The molecule has 0 aromatic rings. The Bertz CT molecular complexity index is 346. The van der Waals surface area contributed by atoms with Gasteiger partial charge in [0.15, 0.2) is 0 Å². The summed E-state index contributed by atoms with van der Waals surface area (Å²) in [5.41, 5.74) is 0. The van der Waals surface area contributed by atoms with E-state index in [1.165, 1.54) is 0 Å². The molecular weight excluding hydrogens is 250 g/mol. The van der Waals surface area contributed by atoms with Gasteiger partial charge in [0.25, 0.3) is 0 Å². The van der Waals surface area contributed by atoms with Gasteiger partial charge in [0, 0.05) is 25.6 Å². The minimum Gasteiger partial charge on any atom is -0.481 e. The Morgan fingerprint density at radius 1 is 1.47 bits per heavy atom. The number of urea groups is 1. The average Bonchev–Trinajstić information content (AvgIpc) is 2.77. The van der Waals surface area contributed by atoms with E-state index in [1.54, 1.807) is 0 Å². The van der Waals surface area contributed by atoms with Crippen molar-refractivity contribution in [1.29, 1.82) is 0 Å². The summed E-state index contributed by atoms with van der Waals surface area (Å²) >= 11 is 0. The minimum absolute atomic E-state index is 0.00101. The molecule has 2 unspecified atom stereocenters. The molecule has 2 atom stereocenters. The highest BCUT2D eigenvalue weighted by molar-refractivity contribution is 5.79. The van der Waals surface area contributed by atoms with Crippen molar-refractivity contribution in [2.45, 2.75) is 38.6 Å². The lowest BCUT2D eigenvalue weighted by molar-refractivity contribution is -0.141. The van der Waals surface area contributed by atoms with Crippen LogP contribution in [0.2, 0.25) is 0 Å². The molecule has 0 spiro atoms. The van der Waals surface area contributed by atoms with Crippen LogP contribution in [0.1, 0.15) is 32.6 Å². The van der Waals surface area contributed by atoms with Crippen molar-refractivity contribution in [3.05, 3.63) is 0 Å². The topological polar surface area (TPSA) is 108 Å². The van der Waals surface area contributed by atoms with Gasteiger partial charge in [0.1, 0.15) is 0 Å². The second kappa shape index (κ2) is 7.60. The van der Waals surface area contributed by atoms with Crippen LogP contribution >= 0.6 is 0 Å². The van der Waals surface area contributed by atoms with Crippen molar-refractivity contribution >= 4 is 17.9 Å². The fourth-order valence-corrected chi connectivity index (χ4v) is 1.99. The van der Waals surface area contributed by atoms with Crippen LogP contribution in [0.15, 0.2) is 0 Å². The largest absolute Gasteiger partial charge is 0.481 e. The van der Waals surface area contributed by atoms with Gasteiger partial charge in [-0.25, -0.2) is 4.79 Å². The Morgan fingerprint density at radius 2 is 2.21 bits per heavy atom. The number of carbonyl (C=O) groups excluding carboxylic acids is 2. The predicted molar refractivity (Wildman–Crippen MR) is 68.6 cm³/mol. The normalized spacial score (nSPS) is 19.6. The van der Waals surface area contributed by atoms with Gasteiger partial charge in [-0.3, -0.25) is 9.59 Å². The Hall–Kier alpha value is -1.79. The molecule has 108 valence electrons. The summed E-state index contributed by atoms with van der Waals surface area (Å²) in [5.74, 6) is -1.45. The van der Waals surface area contributed by atoms with Gasteiger partial charge in [0.05, 0.1) is 5.92 Å². The predicted octanol–water partition coefficient (Wildman–Crippen LogP) is 0.0651. The first-order chi connectivity index (χ1) is 9.02. The van der Waals surface area contributed by atoms with Crippen LogP contribution in [0.5, 0.6) is 0 Å². The molecule has 4 N–H and O–H groups in total. The van der Waals surface area contributed by atoms with Gasteiger partial charge in [-0.15, -0.1) is 0 Å². The number of carboxylic acid groups (broad SMARTS) is 1. The van der Waals surface area contributed by atoms with E-state index < -0.39 is 17.9 Å². The quantitative estimate of drug-likeness (QED) is 0.525. The van der Waals surface area contributed by atoms with Crippen LogP contribution in [-0.4, -0.2) is 42.1 Å². The second-order valence-corrected chi connectivity index (χ2v) is 4.72. The first kappa shape index (κ1) is 15.3. The number of carboxylic acids is 1. The van der Waals surface area contributed by atoms with E-state index in [4.69, 9.17) is 5.11 Å². The van der Waals surface area contributed by atoms with Gasteiger partial charge in [-0.05, 0) is 12.8 Å². The summed E-state index contributed by atoms with van der Waals surface area (Å²) < 4.78 is 0. The van der Waals surface area contributed by atoms with Gasteiger partial charge >= 0.3 is 12.0 Å². The molecule has 0 aliphatic carbocycles. The van der Waals surface area contributed by atoms with Crippen LogP contribution in [0.3, 0.4) is 0 Å². The number of hydrogen-bond acceptors (Lipinski definition) is 3. The molecule has 1 saturated heterocycles. The lowest BCUT2D eigenvalue weighted by Crippen LogP contribution is -2.44. The molecular formula is C12H21N3O4. The molecule has 0 radical (unpaired) electrons. The van der Waals surface area contributed by atoms with Crippen molar-refractivity contribution in [1.82, 2.24) is 16.0 Å². The third-order valence-electron chi connectivity index (χ3n) is 3.09. The number of carbonyl (C=O) groups is 3. The Balaban J connectivity index is 2.19. The monoisotopic (exact) mass is 271 g/mol. The highest BCUT2D eigenvalue weighted by Crippen LogP contribution is 2.06. The molecule has 0 bridgehead atoms. The van der Waals surface area contributed by atoms with Gasteiger partial charge in [-0.1, -0.05) is 13.3 Å². The van der Waals surface area contributed by atoms with E-state index in [1.807, 2.05) is 6.92 Å². The van der Waals surface area contributed by atoms with E-state index in [2.05, 4.69) is 16.0 Å². The van der Waals surface area contributed by atoms with E-state index >= 15 is 0 Å². The fourth-order valence-electron chi connectivity index (χ4n) is 1.99. The van der Waals surface area contributed by atoms with Crippen molar-refractivity contribution in [3.63, 3.8) is 0 Å². The SMILES string of the molecule is CCCC(CNC(=O)NCC1CCC(=O)N1)C(=O)O. The molecule has 1 heterocycles. The third-order valence-corrected chi connectivity index (χ3v) is 3.09. The van der Waals surface area contributed by atoms with Gasteiger partial charge < -0.3 is 21.1 Å². The summed E-state index contributed by atoms with van der Waals surface area (Å²) in [4.78, 5) is 33.3. The molecule has 7 heteroatoms. The average molecular weight is 271 g/mol. The Kier molecular flexibility index (Phi) is 6.11. The Morgan fingerprint density at radius 3 is 2.74 bits per heavy atom. The maximum absolute atomic E-state index is 11.5. The van der Waals surface area contributed by atoms with Gasteiger partial charge in [0.2, 0.25) is 5.91 Å².